The monoisotopic (exact) mass is 477 g/mol. The van der Waals surface area contributed by atoms with Crippen LogP contribution >= 0.6 is 0 Å². The molecule has 0 radical (unpaired) electrons. The van der Waals surface area contributed by atoms with Gasteiger partial charge >= 0.3 is 0 Å². The molecule has 0 N–H and O–H groups in total. The topological polar surface area (TPSA) is 60.9 Å². The van der Waals surface area contributed by atoms with Gasteiger partial charge in [0.05, 0.1) is 11.4 Å². The molecular formula is C27H31N3O3S. The molecule has 1 amide bonds. The summed E-state index contributed by atoms with van der Waals surface area (Å²) in [6.45, 7) is 3.71. The third-order valence-corrected chi connectivity index (χ3v) is 8.02. The van der Waals surface area contributed by atoms with Crippen molar-refractivity contribution in [3.05, 3.63) is 102 Å². The Labute approximate surface area is 202 Å². The van der Waals surface area contributed by atoms with E-state index in [9.17, 15) is 13.2 Å². The number of sulfonamides is 1. The molecule has 178 valence electrons. The van der Waals surface area contributed by atoms with Crippen LogP contribution in [-0.4, -0.2) is 67.7 Å². The molecule has 0 unspecified atom stereocenters. The summed E-state index contributed by atoms with van der Waals surface area (Å²) in [6.07, 6.45) is 0.547. The van der Waals surface area contributed by atoms with Gasteiger partial charge in [0.25, 0.3) is 0 Å². The molecule has 3 aromatic carbocycles. The van der Waals surface area contributed by atoms with Crippen molar-refractivity contribution in [2.45, 2.75) is 17.9 Å². The number of nitrogens with zero attached hydrogens (tertiary/aromatic N) is 3. The summed E-state index contributed by atoms with van der Waals surface area (Å²) in [5.41, 5.74) is 2.29. The van der Waals surface area contributed by atoms with Crippen LogP contribution in [0.2, 0.25) is 0 Å². The average Bonchev–Trinajstić information content (AvgIpc) is 2.88. The number of hydrogen-bond donors (Lipinski definition) is 0. The van der Waals surface area contributed by atoms with E-state index in [2.05, 4.69) is 17.0 Å². The SMILES string of the molecule is O=C(CN(CCc1ccccc1)S(=O)(=O)c1ccccc1)N1CCN(Cc2ccccc2)CC1. The third-order valence-electron chi connectivity index (χ3n) is 6.16. The fourth-order valence-corrected chi connectivity index (χ4v) is 5.58. The van der Waals surface area contributed by atoms with Gasteiger partial charge in [-0.2, -0.15) is 4.31 Å². The fraction of sp³-hybridized carbons (Fsp3) is 0.296. The van der Waals surface area contributed by atoms with E-state index in [0.717, 1.165) is 25.2 Å². The summed E-state index contributed by atoms with van der Waals surface area (Å²) in [4.78, 5) is 17.5. The highest BCUT2D eigenvalue weighted by atomic mass is 32.2. The van der Waals surface area contributed by atoms with Crippen LogP contribution in [0.25, 0.3) is 0 Å². The average molecular weight is 478 g/mol. The first kappa shape index (κ1) is 24.1. The Morgan fingerprint density at radius 1 is 0.735 bits per heavy atom. The second kappa shape index (κ2) is 11.4. The zero-order valence-electron chi connectivity index (χ0n) is 19.3. The molecule has 0 aliphatic carbocycles. The van der Waals surface area contributed by atoms with Crippen LogP contribution in [0.15, 0.2) is 95.9 Å². The molecule has 0 aromatic heterocycles. The van der Waals surface area contributed by atoms with Crippen molar-refractivity contribution in [2.24, 2.45) is 0 Å². The maximum atomic E-state index is 13.4. The summed E-state index contributed by atoms with van der Waals surface area (Å²) in [7, 11) is -3.78. The van der Waals surface area contributed by atoms with E-state index in [1.165, 1.54) is 9.87 Å². The van der Waals surface area contributed by atoms with Gasteiger partial charge in [0.15, 0.2) is 0 Å². The number of piperazine rings is 1. The lowest BCUT2D eigenvalue weighted by Gasteiger charge is -2.35. The van der Waals surface area contributed by atoms with Crippen LogP contribution in [0.3, 0.4) is 0 Å². The lowest BCUT2D eigenvalue weighted by atomic mass is 10.1. The Morgan fingerprint density at radius 2 is 1.26 bits per heavy atom. The first-order chi connectivity index (χ1) is 16.5. The fourth-order valence-electron chi connectivity index (χ4n) is 4.17. The standard InChI is InChI=1S/C27H31N3O3S/c31-27(29-20-18-28(19-21-29)22-25-12-6-2-7-13-25)23-30(17-16-24-10-4-1-5-11-24)34(32,33)26-14-8-3-9-15-26/h1-15H,16-23H2. The molecule has 1 saturated heterocycles. The molecule has 1 aliphatic heterocycles. The molecule has 1 aliphatic rings. The highest BCUT2D eigenvalue weighted by molar-refractivity contribution is 7.89. The minimum Gasteiger partial charge on any atom is -0.339 e. The van der Waals surface area contributed by atoms with Gasteiger partial charge in [-0.1, -0.05) is 78.9 Å². The Hall–Kier alpha value is -3.00. The highest BCUT2D eigenvalue weighted by Gasteiger charge is 2.29. The van der Waals surface area contributed by atoms with Gasteiger partial charge in [0, 0.05) is 39.3 Å². The minimum atomic E-state index is -3.78. The molecule has 34 heavy (non-hydrogen) atoms. The molecule has 4 rings (SSSR count). The number of benzene rings is 3. The molecule has 7 heteroatoms. The van der Waals surface area contributed by atoms with E-state index in [-0.39, 0.29) is 23.9 Å². The molecule has 3 aromatic rings. The van der Waals surface area contributed by atoms with Crippen molar-refractivity contribution in [3.63, 3.8) is 0 Å². The normalized spacial score (nSPS) is 14.9. The van der Waals surface area contributed by atoms with Crippen LogP contribution in [0, 0.1) is 0 Å². The van der Waals surface area contributed by atoms with Gasteiger partial charge in [-0.15, -0.1) is 0 Å². The number of amides is 1. The van der Waals surface area contributed by atoms with Crippen molar-refractivity contribution in [1.29, 1.82) is 0 Å². The van der Waals surface area contributed by atoms with Crippen LogP contribution in [0.5, 0.6) is 0 Å². The first-order valence-electron chi connectivity index (χ1n) is 11.7. The number of carbonyl (C=O) groups is 1. The van der Waals surface area contributed by atoms with Crippen molar-refractivity contribution >= 4 is 15.9 Å². The van der Waals surface area contributed by atoms with Crippen molar-refractivity contribution < 1.29 is 13.2 Å². The second-order valence-electron chi connectivity index (χ2n) is 8.53. The molecule has 0 saturated carbocycles. The molecular weight excluding hydrogens is 446 g/mol. The van der Waals surface area contributed by atoms with Crippen LogP contribution < -0.4 is 0 Å². The van der Waals surface area contributed by atoms with E-state index in [1.807, 2.05) is 48.5 Å². The Kier molecular flexibility index (Phi) is 8.11. The molecule has 0 spiro atoms. The zero-order valence-corrected chi connectivity index (χ0v) is 20.1. The lowest BCUT2D eigenvalue weighted by Crippen LogP contribution is -2.51. The van der Waals surface area contributed by atoms with Gasteiger partial charge in [-0.25, -0.2) is 8.42 Å². The lowest BCUT2D eigenvalue weighted by molar-refractivity contribution is -0.133. The highest BCUT2D eigenvalue weighted by Crippen LogP contribution is 2.17. The first-order valence-corrected chi connectivity index (χ1v) is 13.1. The maximum Gasteiger partial charge on any atom is 0.243 e. The molecule has 6 nitrogen and oxygen atoms in total. The Morgan fingerprint density at radius 3 is 1.85 bits per heavy atom. The Bertz CT molecular complexity index is 1150. The van der Waals surface area contributed by atoms with Gasteiger partial charge in [0.1, 0.15) is 0 Å². The molecule has 1 fully saturated rings. The number of rotatable bonds is 9. The van der Waals surface area contributed by atoms with Gasteiger partial charge < -0.3 is 4.90 Å². The Balaban J connectivity index is 1.40. The summed E-state index contributed by atoms with van der Waals surface area (Å²) in [5, 5.41) is 0. The number of hydrogen-bond acceptors (Lipinski definition) is 4. The smallest absolute Gasteiger partial charge is 0.243 e. The van der Waals surface area contributed by atoms with Crippen molar-refractivity contribution in [2.75, 3.05) is 39.3 Å². The summed E-state index contributed by atoms with van der Waals surface area (Å²) in [6, 6.07) is 28.4. The van der Waals surface area contributed by atoms with E-state index >= 15 is 0 Å². The predicted octanol–water partition coefficient (Wildman–Crippen LogP) is 3.26. The van der Waals surface area contributed by atoms with Crippen molar-refractivity contribution in [3.8, 4) is 0 Å². The minimum absolute atomic E-state index is 0.146. The number of carbonyl (C=O) groups excluding carboxylic acids is 1. The molecule has 0 bridgehead atoms. The molecule has 1 heterocycles. The summed E-state index contributed by atoms with van der Waals surface area (Å²) < 4.78 is 28.1. The molecule has 0 atom stereocenters. The van der Waals surface area contributed by atoms with E-state index in [1.54, 1.807) is 35.2 Å². The van der Waals surface area contributed by atoms with Crippen LogP contribution in [-0.2, 0) is 27.8 Å². The van der Waals surface area contributed by atoms with E-state index < -0.39 is 10.0 Å². The summed E-state index contributed by atoms with van der Waals surface area (Å²) >= 11 is 0. The quantitative estimate of drug-likeness (QED) is 0.475. The van der Waals surface area contributed by atoms with E-state index in [4.69, 9.17) is 0 Å². The third kappa shape index (κ3) is 6.32. The summed E-state index contributed by atoms with van der Waals surface area (Å²) in [5.74, 6) is -0.146. The largest absolute Gasteiger partial charge is 0.339 e. The van der Waals surface area contributed by atoms with Crippen LogP contribution in [0.1, 0.15) is 11.1 Å². The van der Waals surface area contributed by atoms with Gasteiger partial charge in [-0.3, -0.25) is 9.69 Å². The van der Waals surface area contributed by atoms with Gasteiger partial charge in [0.2, 0.25) is 15.9 Å². The maximum absolute atomic E-state index is 13.4. The van der Waals surface area contributed by atoms with E-state index in [0.29, 0.717) is 19.5 Å². The van der Waals surface area contributed by atoms with Gasteiger partial charge in [-0.05, 0) is 29.7 Å². The van der Waals surface area contributed by atoms with Crippen molar-refractivity contribution in [1.82, 2.24) is 14.1 Å². The zero-order chi connectivity index (χ0) is 23.8. The second-order valence-corrected chi connectivity index (χ2v) is 10.5. The van der Waals surface area contributed by atoms with Crippen LogP contribution in [0.4, 0.5) is 0 Å². The predicted molar refractivity (Wildman–Crippen MR) is 134 cm³/mol.